The number of amides is 1. The van der Waals surface area contributed by atoms with Gasteiger partial charge in [0, 0.05) is 30.2 Å². The zero-order valence-corrected chi connectivity index (χ0v) is 16.1. The number of rotatable bonds is 3. The van der Waals surface area contributed by atoms with Crippen LogP contribution in [-0.2, 0) is 17.8 Å². The van der Waals surface area contributed by atoms with E-state index in [2.05, 4.69) is 5.16 Å². The Kier molecular flexibility index (Phi) is 4.71. The first kappa shape index (κ1) is 18.4. The van der Waals surface area contributed by atoms with Crippen molar-refractivity contribution in [2.75, 3.05) is 19.8 Å². The van der Waals surface area contributed by atoms with E-state index in [1.165, 1.54) is 12.1 Å². The van der Waals surface area contributed by atoms with Crippen molar-refractivity contribution in [3.63, 3.8) is 0 Å². The third-order valence-electron chi connectivity index (χ3n) is 5.24. The van der Waals surface area contributed by atoms with Crippen LogP contribution < -0.4 is 9.47 Å². The number of hydrogen-bond acceptors (Lipinski definition) is 5. The van der Waals surface area contributed by atoms with Crippen molar-refractivity contribution in [1.82, 2.24) is 10.1 Å². The van der Waals surface area contributed by atoms with Gasteiger partial charge in [-0.15, -0.1) is 0 Å². The van der Waals surface area contributed by atoms with Gasteiger partial charge in [-0.05, 0) is 48.0 Å². The summed E-state index contributed by atoms with van der Waals surface area (Å²) in [6, 6.07) is 11.7. The van der Waals surface area contributed by atoms with E-state index in [0.717, 1.165) is 22.4 Å². The van der Waals surface area contributed by atoms with E-state index < -0.39 is 0 Å². The maximum absolute atomic E-state index is 13.2. The lowest BCUT2D eigenvalue weighted by molar-refractivity contribution is -0.126. The molecule has 1 amide bonds. The number of carbonyl (C=O) groups excluding carboxylic acids is 1. The van der Waals surface area contributed by atoms with Crippen LogP contribution in [0.3, 0.4) is 0 Å². The summed E-state index contributed by atoms with van der Waals surface area (Å²) < 4.78 is 29.8. The molecule has 0 fully saturated rings. The Labute approximate surface area is 172 Å². The van der Waals surface area contributed by atoms with E-state index in [1.807, 2.05) is 18.2 Å². The summed E-state index contributed by atoms with van der Waals surface area (Å²) in [5, 5.41) is 4.13. The molecule has 7 heteroatoms. The van der Waals surface area contributed by atoms with Gasteiger partial charge < -0.3 is 18.9 Å². The molecule has 3 heterocycles. The van der Waals surface area contributed by atoms with Crippen molar-refractivity contribution in [1.29, 1.82) is 0 Å². The Hall–Kier alpha value is -3.61. The molecule has 2 aliphatic heterocycles. The van der Waals surface area contributed by atoms with Crippen molar-refractivity contribution >= 4 is 12.0 Å². The summed E-state index contributed by atoms with van der Waals surface area (Å²) in [6.45, 7) is 2.02. The summed E-state index contributed by atoms with van der Waals surface area (Å²) in [5.74, 6) is 1.58. The first-order chi connectivity index (χ1) is 14.7. The molecule has 0 N–H and O–H groups in total. The molecule has 6 nitrogen and oxygen atoms in total. The molecule has 0 bridgehead atoms. The fraction of sp³-hybridized carbons (Fsp3) is 0.217. The third-order valence-corrected chi connectivity index (χ3v) is 5.24. The molecule has 0 spiro atoms. The lowest BCUT2D eigenvalue weighted by Gasteiger charge is -2.25. The molecule has 0 aliphatic carbocycles. The van der Waals surface area contributed by atoms with E-state index in [0.29, 0.717) is 50.0 Å². The molecule has 3 aromatic rings. The van der Waals surface area contributed by atoms with Gasteiger partial charge >= 0.3 is 0 Å². The highest BCUT2D eigenvalue weighted by molar-refractivity contribution is 5.92. The van der Waals surface area contributed by atoms with Crippen molar-refractivity contribution < 1.29 is 23.2 Å². The number of nitrogens with zero attached hydrogens (tertiary/aromatic N) is 2. The molecule has 30 heavy (non-hydrogen) atoms. The standard InChI is InChI=1S/C23H19FN2O4/c24-17-5-3-16(4-6-17)23-18-14-26(10-9-19(18)25-30-23)22(27)8-2-15-1-7-20-21(13-15)29-12-11-28-20/h1-8,13H,9-12,14H2/b8-2-. The van der Waals surface area contributed by atoms with Crippen LogP contribution in [0.4, 0.5) is 4.39 Å². The predicted octanol–water partition coefficient (Wildman–Crippen LogP) is 3.85. The quantitative estimate of drug-likeness (QED) is 0.618. The second-order valence-corrected chi connectivity index (χ2v) is 7.19. The van der Waals surface area contributed by atoms with Crippen LogP contribution in [0.5, 0.6) is 11.5 Å². The van der Waals surface area contributed by atoms with Gasteiger partial charge in [-0.3, -0.25) is 4.79 Å². The zero-order chi connectivity index (χ0) is 20.5. The van der Waals surface area contributed by atoms with Gasteiger partial charge in [0.25, 0.3) is 0 Å². The van der Waals surface area contributed by atoms with Crippen LogP contribution in [0, 0.1) is 5.82 Å². The minimum Gasteiger partial charge on any atom is -0.486 e. The highest BCUT2D eigenvalue weighted by Crippen LogP contribution is 2.32. The molecule has 0 atom stereocenters. The van der Waals surface area contributed by atoms with E-state index in [9.17, 15) is 9.18 Å². The summed E-state index contributed by atoms with van der Waals surface area (Å²) in [5.41, 5.74) is 3.32. The highest BCUT2D eigenvalue weighted by atomic mass is 19.1. The van der Waals surface area contributed by atoms with Gasteiger partial charge in [0.2, 0.25) is 5.91 Å². The number of halogens is 1. The van der Waals surface area contributed by atoms with E-state index in [-0.39, 0.29) is 11.7 Å². The zero-order valence-electron chi connectivity index (χ0n) is 16.1. The van der Waals surface area contributed by atoms with Crippen LogP contribution >= 0.6 is 0 Å². The highest BCUT2D eigenvalue weighted by Gasteiger charge is 2.26. The Morgan fingerprint density at radius 2 is 1.87 bits per heavy atom. The topological polar surface area (TPSA) is 64.8 Å². The first-order valence-corrected chi connectivity index (χ1v) is 9.77. The molecular weight excluding hydrogens is 387 g/mol. The monoisotopic (exact) mass is 406 g/mol. The fourth-order valence-electron chi connectivity index (χ4n) is 3.67. The van der Waals surface area contributed by atoms with Crippen molar-refractivity contribution in [2.24, 2.45) is 0 Å². The molecule has 0 unspecified atom stereocenters. The van der Waals surface area contributed by atoms with Gasteiger partial charge in [0.1, 0.15) is 19.0 Å². The summed E-state index contributed by atoms with van der Waals surface area (Å²) >= 11 is 0. The Morgan fingerprint density at radius 3 is 2.70 bits per heavy atom. The maximum Gasteiger partial charge on any atom is 0.246 e. The molecule has 0 saturated heterocycles. The molecule has 2 aliphatic rings. The van der Waals surface area contributed by atoms with Gasteiger partial charge in [-0.2, -0.15) is 0 Å². The van der Waals surface area contributed by atoms with Crippen LogP contribution in [-0.4, -0.2) is 35.7 Å². The summed E-state index contributed by atoms with van der Waals surface area (Å²) in [6.07, 6.45) is 3.94. The van der Waals surface area contributed by atoms with Gasteiger partial charge in [-0.1, -0.05) is 11.2 Å². The average molecular weight is 406 g/mol. The van der Waals surface area contributed by atoms with Crippen molar-refractivity contribution in [3.8, 4) is 22.8 Å². The van der Waals surface area contributed by atoms with Crippen LogP contribution in [0.25, 0.3) is 17.4 Å². The third kappa shape index (κ3) is 3.54. The Bertz CT molecular complexity index is 1120. The minimum atomic E-state index is -0.312. The second kappa shape index (κ2) is 7.67. The SMILES string of the molecule is O=C(/C=C\c1ccc2c(c1)OCCO2)N1CCc2noc(-c3ccc(F)cc3)c2C1. The number of ether oxygens (including phenoxy) is 2. The molecule has 5 rings (SSSR count). The molecular formula is C23H19FN2O4. The Morgan fingerprint density at radius 1 is 1.07 bits per heavy atom. The molecule has 2 aromatic carbocycles. The van der Waals surface area contributed by atoms with Crippen LogP contribution in [0.1, 0.15) is 16.8 Å². The molecule has 0 saturated carbocycles. The van der Waals surface area contributed by atoms with Gasteiger partial charge in [-0.25, -0.2) is 4.39 Å². The van der Waals surface area contributed by atoms with E-state index in [4.69, 9.17) is 14.0 Å². The van der Waals surface area contributed by atoms with Crippen molar-refractivity contribution in [2.45, 2.75) is 13.0 Å². The minimum absolute atomic E-state index is 0.0956. The summed E-state index contributed by atoms with van der Waals surface area (Å²) in [7, 11) is 0. The lowest BCUT2D eigenvalue weighted by atomic mass is 10.0. The molecule has 152 valence electrons. The first-order valence-electron chi connectivity index (χ1n) is 9.77. The second-order valence-electron chi connectivity index (χ2n) is 7.19. The smallest absolute Gasteiger partial charge is 0.246 e. The van der Waals surface area contributed by atoms with Gasteiger partial charge in [0.15, 0.2) is 17.3 Å². The maximum atomic E-state index is 13.2. The average Bonchev–Trinajstić information content (AvgIpc) is 3.21. The predicted molar refractivity (Wildman–Crippen MR) is 107 cm³/mol. The fourth-order valence-corrected chi connectivity index (χ4v) is 3.67. The number of fused-ring (bicyclic) bond motifs is 2. The molecule has 1 aromatic heterocycles. The van der Waals surface area contributed by atoms with Crippen molar-refractivity contribution in [3.05, 3.63) is 71.2 Å². The van der Waals surface area contributed by atoms with E-state index in [1.54, 1.807) is 29.2 Å². The molecule has 0 radical (unpaired) electrons. The van der Waals surface area contributed by atoms with Gasteiger partial charge in [0.05, 0.1) is 12.2 Å². The number of carbonyl (C=O) groups is 1. The Balaban J connectivity index is 1.32. The van der Waals surface area contributed by atoms with E-state index >= 15 is 0 Å². The summed E-state index contributed by atoms with van der Waals surface area (Å²) in [4.78, 5) is 14.5. The number of benzene rings is 2. The number of aromatic nitrogens is 1. The van der Waals surface area contributed by atoms with Crippen LogP contribution in [0.15, 0.2) is 53.1 Å². The lowest BCUT2D eigenvalue weighted by Crippen LogP contribution is -2.34. The normalized spacial score (nSPS) is 15.3. The largest absolute Gasteiger partial charge is 0.486 e. The van der Waals surface area contributed by atoms with Crippen LogP contribution in [0.2, 0.25) is 0 Å². The number of hydrogen-bond donors (Lipinski definition) is 0.